The van der Waals surface area contributed by atoms with E-state index in [1.54, 1.807) is 49.1 Å². The van der Waals surface area contributed by atoms with E-state index in [1.165, 1.54) is 6.21 Å². The van der Waals surface area contributed by atoms with Crippen LogP contribution in [0.25, 0.3) is 0 Å². The van der Waals surface area contributed by atoms with Crippen LogP contribution in [0.5, 0.6) is 0 Å². The van der Waals surface area contributed by atoms with Gasteiger partial charge in [0.05, 0.1) is 19.2 Å². The standard InChI is InChI=1S/C19H15N7O2/c20-26-13-15(3-1-7-22-18(27)11-14-5-8-21-9-6-14)23-12-17(26)24-19(25-26)16-4-2-10-28-16/h2,4-6,8-10,12-13H,7,11,20H2/p+1. The Kier molecular flexibility index (Phi) is 4.63. The van der Waals surface area contributed by atoms with E-state index in [9.17, 15) is 4.79 Å². The first kappa shape index (κ1) is 17.5. The van der Waals surface area contributed by atoms with Crippen LogP contribution in [0, 0.1) is 11.8 Å². The number of hydrogen-bond acceptors (Lipinski definition) is 7. The van der Waals surface area contributed by atoms with Crippen LogP contribution >= 0.6 is 0 Å². The third-order valence-electron chi connectivity index (χ3n) is 3.93. The average Bonchev–Trinajstić information content (AvgIpc) is 3.33. The zero-order valence-corrected chi connectivity index (χ0v) is 14.7. The third kappa shape index (κ3) is 3.78. The molecule has 1 amide bonds. The van der Waals surface area contributed by atoms with Gasteiger partial charge >= 0.3 is 0 Å². The number of quaternary nitrogens is 1. The first-order valence-electron chi connectivity index (χ1n) is 8.44. The number of aliphatic imine (C=N–C) groups is 2. The van der Waals surface area contributed by atoms with Crippen LogP contribution in [-0.4, -0.2) is 40.0 Å². The second-order valence-corrected chi connectivity index (χ2v) is 5.99. The van der Waals surface area contributed by atoms with Crippen LogP contribution in [0.3, 0.4) is 0 Å². The fourth-order valence-electron chi connectivity index (χ4n) is 2.58. The average molecular weight is 374 g/mol. The van der Waals surface area contributed by atoms with Crippen molar-refractivity contribution in [3.8, 4) is 11.8 Å². The molecule has 2 aliphatic rings. The van der Waals surface area contributed by atoms with E-state index < -0.39 is 0 Å². The lowest BCUT2D eigenvalue weighted by Gasteiger charge is -2.17. The predicted molar refractivity (Wildman–Crippen MR) is 102 cm³/mol. The molecule has 1 atom stereocenters. The molecule has 0 saturated heterocycles. The summed E-state index contributed by atoms with van der Waals surface area (Å²) in [5.41, 5.74) is 1.33. The molecule has 4 rings (SSSR count). The number of nitrogens with two attached hydrogens (primary N) is 1. The Labute approximate surface area is 160 Å². The number of pyridine rings is 1. The van der Waals surface area contributed by atoms with Crippen LogP contribution in [0.15, 0.2) is 74.3 Å². The van der Waals surface area contributed by atoms with E-state index in [1.807, 2.05) is 0 Å². The van der Waals surface area contributed by atoms with E-state index >= 15 is 0 Å². The molecule has 2 aromatic rings. The highest BCUT2D eigenvalue weighted by Gasteiger charge is 2.39. The Morgan fingerprint density at radius 2 is 2.14 bits per heavy atom. The van der Waals surface area contributed by atoms with Crippen LogP contribution < -0.4 is 11.2 Å². The molecule has 1 unspecified atom stereocenters. The Hall–Kier alpha value is -3.87. The van der Waals surface area contributed by atoms with Gasteiger partial charge < -0.3 is 9.73 Å². The van der Waals surface area contributed by atoms with E-state index in [-0.39, 0.29) is 23.6 Å². The zero-order chi connectivity index (χ0) is 19.4. The maximum atomic E-state index is 11.9. The molecule has 9 heteroatoms. The van der Waals surface area contributed by atoms with Gasteiger partial charge in [0.15, 0.2) is 17.7 Å². The van der Waals surface area contributed by atoms with Gasteiger partial charge in [0.1, 0.15) is 6.21 Å². The Morgan fingerprint density at radius 1 is 1.29 bits per heavy atom. The number of amidine groups is 2. The molecule has 138 valence electrons. The molecule has 0 spiro atoms. The Morgan fingerprint density at radius 3 is 2.93 bits per heavy atom. The molecule has 3 N–H and O–H groups in total. The fraction of sp³-hybridized carbons (Fsp3) is 0.105. The fourth-order valence-corrected chi connectivity index (χ4v) is 2.58. The van der Waals surface area contributed by atoms with Gasteiger partial charge in [0.25, 0.3) is 11.7 Å². The lowest BCUT2D eigenvalue weighted by atomic mass is 10.2. The van der Waals surface area contributed by atoms with Gasteiger partial charge in [-0.15, -0.1) is 5.84 Å². The van der Waals surface area contributed by atoms with Gasteiger partial charge in [-0.1, -0.05) is 5.92 Å². The van der Waals surface area contributed by atoms with Crippen molar-refractivity contribution in [3.05, 3.63) is 66.1 Å². The van der Waals surface area contributed by atoms with Gasteiger partial charge in [-0.25, -0.2) is 4.99 Å². The molecule has 2 aliphatic heterocycles. The predicted octanol–water partition coefficient (Wildman–Crippen LogP) is 0.727. The van der Waals surface area contributed by atoms with Gasteiger partial charge in [-0.05, 0) is 45.6 Å². The highest BCUT2D eigenvalue weighted by molar-refractivity contribution is 6.31. The second kappa shape index (κ2) is 7.40. The number of hydrogen-bond donors (Lipinski definition) is 2. The highest BCUT2D eigenvalue weighted by Crippen LogP contribution is 2.21. The minimum atomic E-state index is -0.377. The molecule has 28 heavy (non-hydrogen) atoms. The topological polar surface area (TPSA) is 118 Å². The summed E-state index contributed by atoms with van der Waals surface area (Å²) in [6, 6.07) is 7.09. The molecule has 0 fully saturated rings. The van der Waals surface area contributed by atoms with Crippen molar-refractivity contribution in [1.29, 1.82) is 0 Å². The van der Waals surface area contributed by atoms with Crippen molar-refractivity contribution >= 4 is 23.8 Å². The van der Waals surface area contributed by atoms with Gasteiger partial charge in [-0.2, -0.15) is 4.99 Å². The van der Waals surface area contributed by atoms with Crippen molar-refractivity contribution < 1.29 is 13.9 Å². The number of carbonyl (C=O) groups excluding carboxylic acids is 1. The number of furan rings is 1. The summed E-state index contributed by atoms with van der Waals surface area (Å²) in [6.07, 6.45) is 8.22. The van der Waals surface area contributed by atoms with E-state index in [0.29, 0.717) is 23.1 Å². The smallest absolute Gasteiger partial charge is 0.300 e. The monoisotopic (exact) mass is 374 g/mol. The SMILES string of the molecule is N[N+]12C=C(C#CCNC(=O)Cc3ccncc3)N=CC1=NC(c1ccco1)=N2. The second-order valence-electron chi connectivity index (χ2n) is 5.99. The maximum absolute atomic E-state index is 11.9. The maximum Gasteiger partial charge on any atom is 0.300 e. The van der Waals surface area contributed by atoms with Gasteiger partial charge in [-0.3, -0.25) is 9.78 Å². The summed E-state index contributed by atoms with van der Waals surface area (Å²) in [6.45, 7) is 0.198. The van der Waals surface area contributed by atoms with Crippen molar-refractivity contribution in [2.24, 2.45) is 20.9 Å². The largest absolute Gasteiger partial charge is 0.461 e. The van der Waals surface area contributed by atoms with Crippen LogP contribution in [0.1, 0.15) is 11.3 Å². The molecule has 0 aliphatic carbocycles. The normalized spacial score (nSPS) is 19.7. The number of carbonyl (C=O) groups is 1. The first-order valence-corrected chi connectivity index (χ1v) is 8.44. The number of nitrogens with one attached hydrogen (secondary N) is 1. The van der Waals surface area contributed by atoms with Crippen LogP contribution in [0.4, 0.5) is 0 Å². The number of rotatable bonds is 4. The lowest BCUT2D eigenvalue weighted by Crippen LogP contribution is -2.50. The summed E-state index contributed by atoms with van der Waals surface area (Å²) in [5, 5.41) is 7.10. The molecule has 9 nitrogen and oxygen atoms in total. The number of amides is 1. The quantitative estimate of drug-likeness (QED) is 0.466. The summed E-state index contributed by atoms with van der Waals surface area (Å²) in [4.78, 5) is 24.4. The molecule has 0 radical (unpaired) electrons. The van der Waals surface area contributed by atoms with Crippen LogP contribution in [0.2, 0.25) is 0 Å². The molecule has 2 aromatic heterocycles. The van der Waals surface area contributed by atoms with Crippen molar-refractivity contribution in [2.45, 2.75) is 6.42 Å². The van der Waals surface area contributed by atoms with E-state index in [4.69, 9.17) is 10.3 Å². The van der Waals surface area contributed by atoms with Crippen molar-refractivity contribution in [3.63, 3.8) is 0 Å². The molecule has 4 heterocycles. The van der Waals surface area contributed by atoms with E-state index in [2.05, 4.69) is 37.2 Å². The minimum absolute atomic E-state index is 0.120. The molecular formula is C19H16N7O2+. The molecule has 0 bridgehead atoms. The molecule has 0 aromatic carbocycles. The number of aromatic nitrogens is 1. The van der Waals surface area contributed by atoms with Crippen molar-refractivity contribution in [1.82, 2.24) is 10.3 Å². The Bertz CT molecular complexity index is 1070. The summed E-state index contributed by atoms with van der Waals surface area (Å²) in [5.74, 6) is 13.2. The summed E-state index contributed by atoms with van der Waals surface area (Å²) in [7, 11) is 0. The minimum Gasteiger partial charge on any atom is -0.461 e. The number of allylic oxidation sites excluding steroid dienone is 1. The van der Waals surface area contributed by atoms with Crippen molar-refractivity contribution in [2.75, 3.05) is 6.54 Å². The first-order chi connectivity index (χ1) is 13.6. The third-order valence-corrected chi connectivity index (χ3v) is 3.93. The highest BCUT2D eigenvalue weighted by atomic mass is 16.3. The number of nitrogens with zero attached hydrogens (tertiary/aromatic N) is 5. The lowest BCUT2D eigenvalue weighted by molar-refractivity contribution is -0.803. The van der Waals surface area contributed by atoms with E-state index in [0.717, 1.165) is 5.56 Å². The van der Waals surface area contributed by atoms with Gasteiger partial charge in [0, 0.05) is 12.4 Å². The number of fused-ring (bicyclic) bond motifs is 1. The summed E-state index contributed by atoms with van der Waals surface area (Å²) < 4.78 is 4.92. The summed E-state index contributed by atoms with van der Waals surface area (Å²) >= 11 is 0. The molecule has 0 saturated carbocycles. The molecular weight excluding hydrogens is 358 g/mol. The van der Waals surface area contributed by atoms with Crippen LogP contribution in [-0.2, 0) is 11.2 Å². The Balaban J connectivity index is 1.37. The zero-order valence-electron chi connectivity index (χ0n) is 14.7. The van der Waals surface area contributed by atoms with Gasteiger partial charge in [0.2, 0.25) is 5.91 Å².